The highest BCUT2D eigenvalue weighted by Crippen LogP contribution is 2.34. The standard InChI is InChI=1S/C13H20N2O2/c1-2-10-12(16)14-8-4-7-11(14)13(17)15(10)9-5-3-6-9/h9-11H,2-8H2,1H3. The van der Waals surface area contributed by atoms with Crippen LogP contribution in [-0.2, 0) is 9.59 Å². The van der Waals surface area contributed by atoms with Crippen molar-refractivity contribution in [3.8, 4) is 0 Å². The fraction of sp³-hybridized carbons (Fsp3) is 0.846. The lowest BCUT2D eigenvalue weighted by Crippen LogP contribution is -2.66. The van der Waals surface area contributed by atoms with Crippen LogP contribution >= 0.6 is 0 Å². The molecule has 0 aromatic heterocycles. The number of rotatable bonds is 2. The molecule has 2 heterocycles. The number of hydrogen-bond donors (Lipinski definition) is 0. The highest BCUT2D eigenvalue weighted by atomic mass is 16.2. The first-order chi connectivity index (χ1) is 8.24. The number of nitrogens with zero attached hydrogens (tertiary/aromatic N) is 2. The van der Waals surface area contributed by atoms with Gasteiger partial charge in [-0.2, -0.15) is 0 Å². The first kappa shape index (κ1) is 11.1. The normalized spacial score (nSPS) is 33.9. The van der Waals surface area contributed by atoms with Gasteiger partial charge in [-0.1, -0.05) is 6.92 Å². The Bertz CT molecular complexity index is 351. The summed E-state index contributed by atoms with van der Waals surface area (Å²) in [5.41, 5.74) is 0. The summed E-state index contributed by atoms with van der Waals surface area (Å²) in [5.74, 6) is 0.417. The Kier molecular flexibility index (Phi) is 2.60. The summed E-state index contributed by atoms with van der Waals surface area (Å²) in [6.07, 6.45) is 5.98. The van der Waals surface area contributed by atoms with E-state index >= 15 is 0 Å². The maximum Gasteiger partial charge on any atom is 0.246 e. The second-order valence-electron chi connectivity index (χ2n) is 5.44. The van der Waals surface area contributed by atoms with Crippen molar-refractivity contribution in [2.75, 3.05) is 6.54 Å². The van der Waals surface area contributed by atoms with Crippen LogP contribution < -0.4 is 0 Å². The molecule has 2 aliphatic heterocycles. The lowest BCUT2D eigenvalue weighted by molar-refractivity contribution is -0.164. The van der Waals surface area contributed by atoms with Crippen LogP contribution in [0.4, 0.5) is 0 Å². The van der Waals surface area contributed by atoms with Crippen molar-refractivity contribution in [2.45, 2.75) is 63.6 Å². The van der Waals surface area contributed by atoms with Gasteiger partial charge < -0.3 is 9.80 Å². The minimum Gasteiger partial charge on any atom is -0.329 e. The second kappa shape index (κ2) is 4.00. The maximum atomic E-state index is 12.5. The van der Waals surface area contributed by atoms with Crippen LogP contribution in [-0.4, -0.2) is 46.3 Å². The zero-order valence-corrected chi connectivity index (χ0v) is 10.4. The summed E-state index contributed by atoms with van der Waals surface area (Å²) in [6, 6.07) is 0.0344. The Hall–Kier alpha value is -1.06. The van der Waals surface area contributed by atoms with Crippen LogP contribution in [0.2, 0.25) is 0 Å². The van der Waals surface area contributed by atoms with Gasteiger partial charge in [-0.05, 0) is 38.5 Å². The maximum absolute atomic E-state index is 12.5. The molecule has 4 heteroatoms. The van der Waals surface area contributed by atoms with E-state index in [1.807, 2.05) is 16.7 Å². The van der Waals surface area contributed by atoms with Gasteiger partial charge in [0.05, 0.1) is 0 Å². The lowest BCUT2D eigenvalue weighted by atomic mass is 9.87. The Morgan fingerprint density at radius 1 is 1.12 bits per heavy atom. The Balaban J connectivity index is 1.89. The summed E-state index contributed by atoms with van der Waals surface area (Å²) in [7, 11) is 0. The zero-order chi connectivity index (χ0) is 12.0. The third kappa shape index (κ3) is 1.49. The summed E-state index contributed by atoms with van der Waals surface area (Å²) < 4.78 is 0. The average molecular weight is 236 g/mol. The van der Waals surface area contributed by atoms with Crippen molar-refractivity contribution < 1.29 is 9.59 Å². The van der Waals surface area contributed by atoms with E-state index in [-0.39, 0.29) is 23.9 Å². The van der Waals surface area contributed by atoms with Gasteiger partial charge in [0.15, 0.2) is 0 Å². The van der Waals surface area contributed by atoms with E-state index in [9.17, 15) is 9.59 Å². The van der Waals surface area contributed by atoms with Crippen LogP contribution in [0, 0.1) is 0 Å². The fourth-order valence-corrected chi connectivity index (χ4v) is 3.39. The monoisotopic (exact) mass is 236 g/mol. The largest absolute Gasteiger partial charge is 0.329 e. The molecule has 2 saturated heterocycles. The first-order valence-corrected chi connectivity index (χ1v) is 6.86. The molecule has 0 N–H and O–H groups in total. The smallest absolute Gasteiger partial charge is 0.246 e. The molecule has 2 atom stereocenters. The minimum atomic E-state index is -0.179. The third-order valence-electron chi connectivity index (χ3n) is 4.55. The van der Waals surface area contributed by atoms with Crippen molar-refractivity contribution in [1.29, 1.82) is 0 Å². The predicted octanol–water partition coefficient (Wildman–Crippen LogP) is 1.15. The minimum absolute atomic E-state index is 0.133. The number of piperazine rings is 1. The summed E-state index contributed by atoms with van der Waals surface area (Å²) >= 11 is 0. The molecule has 2 unspecified atom stereocenters. The van der Waals surface area contributed by atoms with E-state index in [1.165, 1.54) is 6.42 Å². The number of carbonyl (C=O) groups is 2. The number of amides is 2. The summed E-state index contributed by atoms with van der Waals surface area (Å²) in [5, 5.41) is 0. The Morgan fingerprint density at radius 2 is 1.88 bits per heavy atom. The van der Waals surface area contributed by atoms with Gasteiger partial charge >= 0.3 is 0 Å². The molecule has 0 radical (unpaired) electrons. The molecule has 94 valence electrons. The lowest BCUT2D eigenvalue weighted by Gasteiger charge is -2.48. The average Bonchev–Trinajstić information content (AvgIpc) is 2.72. The summed E-state index contributed by atoms with van der Waals surface area (Å²) in [6.45, 7) is 2.79. The molecule has 1 saturated carbocycles. The quantitative estimate of drug-likeness (QED) is 0.721. The Morgan fingerprint density at radius 3 is 2.47 bits per heavy atom. The van der Waals surface area contributed by atoms with E-state index in [2.05, 4.69) is 0 Å². The van der Waals surface area contributed by atoms with E-state index in [4.69, 9.17) is 0 Å². The molecule has 17 heavy (non-hydrogen) atoms. The van der Waals surface area contributed by atoms with Gasteiger partial charge in [0.25, 0.3) is 0 Å². The molecule has 0 spiro atoms. The van der Waals surface area contributed by atoms with E-state index in [0.29, 0.717) is 6.04 Å². The highest BCUT2D eigenvalue weighted by molar-refractivity contribution is 5.97. The van der Waals surface area contributed by atoms with Gasteiger partial charge in [-0.15, -0.1) is 0 Å². The van der Waals surface area contributed by atoms with Gasteiger partial charge in [0.2, 0.25) is 11.8 Å². The molecule has 0 aromatic rings. The molecule has 1 aliphatic carbocycles. The number of carbonyl (C=O) groups excluding carboxylic acids is 2. The van der Waals surface area contributed by atoms with Crippen LogP contribution in [0.15, 0.2) is 0 Å². The van der Waals surface area contributed by atoms with Crippen molar-refractivity contribution >= 4 is 11.8 Å². The van der Waals surface area contributed by atoms with Crippen LogP contribution in [0.5, 0.6) is 0 Å². The van der Waals surface area contributed by atoms with E-state index in [0.717, 1.165) is 38.6 Å². The molecular formula is C13H20N2O2. The number of hydrogen-bond acceptors (Lipinski definition) is 2. The van der Waals surface area contributed by atoms with Gasteiger partial charge in [-0.3, -0.25) is 9.59 Å². The van der Waals surface area contributed by atoms with Gasteiger partial charge in [0.1, 0.15) is 12.1 Å². The topological polar surface area (TPSA) is 40.6 Å². The highest BCUT2D eigenvalue weighted by Gasteiger charge is 2.49. The van der Waals surface area contributed by atoms with Gasteiger partial charge in [0, 0.05) is 12.6 Å². The molecule has 3 rings (SSSR count). The molecule has 3 aliphatic rings. The van der Waals surface area contributed by atoms with Crippen LogP contribution in [0.3, 0.4) is 0 Å². The summed E-state index contributed by atoms with van der Waals surface area (Å²) in [4.78, 5) is 28.6. The fourth-order valence-electron chi connectivity index (χ4n) is 3.39. The van der Waals surface area contributed by atoms with Crippen molar-refractivity contribution in [2.24, 2.45) is 0 Å². The van der Waals surface area contributed by atoms with Gasteiger partial charge in [-0.25, -0.2) is 0 Å². The molecule has 4 nitrogen and oxygen atoms in total. The Labute approximate surface area is 102 Å². The van der Waals surface area contributed by atoms with E-state index < -0.39 is 0 Å². The predicted molar refractivity (Wildman–Crippen MR) is 63.3 cm³/mol. The molecule has 0 bridgehead atoms. The molecular weight excluding hydrogens is 216 g/mol. The van der Waals surface area contributed by atoms with Crippen LogP contribution in [0.1, 0.15) is 45.4 Å². The second-order valence-corrected chi connectivity index (χ2v) is 5.44. The molecule has 2 amide bonds. The molecule has 3 fully saturated rings. The van der Waals surface area contributed by atoms with Crippen molar-refractivity contribution in [1.82, 2.24) is 9.80 Å². The van der Waals surface area contributed by atoms with Crippen molar-refractivity contribution in [3.63, 3.8) is 0 Å². The zero-order valence-electron chi connectivity index (χ0n) is 10.4. The van der Waals surface area contributed by atoms with Crippen LogP contribution in [0.25, 0.3) is 0 Å². The van der Waals surface area contributed by atoms with Crippen molar-refractivity contribution in [3.05, 3.63) is 0 Å². The van der Waals surface area contributed by atoms with E-state index in [1.54, 1.807) is 0 Å². The SMILES string of the molecule is CCC1C(=O)N2CCCC2C(=O)N1C1CCC1. The third-order valence-corrected chi connectivity index (χ3v) is 4.55. The first-order valence-electron chi connectivity index (χ1n) is 6.86. The molecule has 0 aromatic carbocycles. The number of fused-ring (bicyclic) bond motifs is 1.